The van der Waals surface area contributed by atoms with Gasteiger partial charge in [-0.1, -0.05) is 32.9 Å². The molecule has 2 aromatic carbocycles. The van der Waals surface area contributed by atoms with Gasteiger partial charge in [0.25, 0.3) is 17.0 Å². The Labute approximate surface area is 280 Å². The van der Waals surface area contributed by atoms with Crippen molar-refractivity contribution in [2.45, 2.75) is 32.8 Å². The van der Waals surface area contributed by atoms with Crippen LogP contribution < -0.4 is 16.4 Å². The van der Waals surface area contributed by atoms with Crippen molar-refractivity contribution in [3.05, 3.63) is 104 Å². The first-order chi connectivity index (χ1) is 23.2. The molecule has 1 amide bonds. The number of aliphatic hydroxyl groups excluding tert-OH is 1. The molecule has 0 atom stereocenters. The van der Waals surface area contributed by atoms with Crippen LogP contribution in [-0.4, -0.2) is 73.5 Å². The summed E-state index contributed by atoms with van der Waals surface area (Å²) in [7, 11) is -1.69. The monoisotopic (exact) mass is 687 g/mol. The molecule has 3 aromatic heterocycles. The maximum Gasteiger partial charge on any atom is 0.290 e. The summed E-state index contributed by atoms with van der Waals surface area (Å²) in [5.41, 5.74) is 0.699. The molecular formula is C34H34FN7O6S. The normalized spacial score (nSPS) is 14.6. The Bertz CT molecular complexity index is 2340. The molecule has 6 rings (SSSR count). The summed E-state index contributed by atoms with van der Waals surface area (Å²) in [6.07, 6.45) is 2.76. The smallest absolute Gasteiger partial charge is 0.290 e. The van der Waals surface area contributed by atoms with Gasteiger partial charge in [-0.15, -0.1) is 0 Å². The number of halogens is 1. The van der Waals surface area contributed by atoms with Gasteiger partial charge in [0.05, 0.1) is 46.6 Å². The fraction of sp³-hybridized carbons (Fsp3) is 0.294. The minimum absolute atomic E-state index is 0.0901. The molecule has 2 N–H and O–H groups in total. The van der Waals surface area contributed by atoms with Crippen LogP contribution in [0.1, 0.15) is 42.3 Å². The number of anilines is 2. The van der Waals surface area contributed by atoms with Crippen LogP contribution in [0.2, 0.25) is 0 Å². The molecule has 0 aliphatic carbocycles. The Kier molecular flexibility index (Phi) is 8.67. The highest BCUT2D eigenvalue weighted by Gasteiger charge is 2.26. The number of nitrogens with zero attached hydrogens (tertiary/aromatic N) is 6. The first-order valence-corrected chi connectivity index (χ1v) is 17.3. The molecule has 1 fully saturated rings. The van der Waals surface area contributed by atoms with E-state index in [1.165, 1.54) is 48.6 Å². The zero-order valence-corrected chi connectivity index (χ0v) is 28.1. The quantitative estimate of drug-likeness (QED) is 0.271. The van der Waals surface area contributed by atoms with Crippen molar-refractivity contribution < 1.29 is 22.7 Å². The number of aryl methyl sites for hydroxylation is 1. The number of pyridine rings is 1. The number of nitrogens with one attached hydrogen (secondary N) is 1. The largest absolute Gasteiger partial charge is 0.392 e. The number of fused-ring (bicyclic) bond motifs is 1. The molecule has 1 aliphatic heterocycles. The van der Waals surface area contributed by atoms with E-state index in [9.17, 15) is 27.9 Å². The average Bonchev–Trinajstić information content (AvgIpc) is 3.06. The standard InChI is InChI=1S/C34H34FN7O6S/c1-34(2,3)22-14-21-18-37-42(33(46)30(21)25(35)15-22)28-7-5-6-23(24(28)19-43)26-16-27(32(45)40(4)39-26)38-29-9-8-20(17-36-29)31(44)41-10-12-49(47,48)13-11-41/h5-9,14-18,43H,10-13,19H2,1-4H3,(H,36,38). The molecule has 15 heteroatoms. The van der Waals surface area contributed by atoms with Gasteiger partial charge in [-0.2, -0.15) is 14.9 Å². The predicted molar refractivity (Wildman–Crippen MR) is 182 cm³/mol. The Hall–Kier alpha value is -5.28. The van der Waals surface area contributed by atoms with Gasteiger partial charge in [0.15, 0.2) is 9.84 Å². The molecule has 0 saturated carbocycles. The van der Waals surface area contributed by atoms with E-state index in [2.05, 4.69) is 20.5 Å². The number of hydrogen-bond donors (Lipinski definition) is 2. The average molecular weight is 688 g/mol. The van der Waals surface area contributed by atoms with Gasteiger partial charge in [-0.05, 0) is 47.4 Å². The molecule has 5 aromatic rings. The van der Waals surface area contributed by atoms with Gasteiger partial charge in [0.1, 0.15) is 17.3 Å². The van der Waals surface area contributed by atoms with Gasteiger partial charge in [0, 0.05) is 42.8 Å². The fourth-order valence-electron chi connectivity index (χ4n) is 5.68. The molecule has 0 unspecified atom stereocenters. The summed E-state index contributed by atoms with van der Waals surface area (Å²) in [6, 6.07) is 12.5. The topological polar surface area (TPSA) is 169 Å². The zero-order chi connectivity index (χ0) is 35.2. The highest BCUT2D eigenvalue weighted by atomic mass is 32.2. The SMILES string of the molecule is Cn1nc(-c2cccc(-n3ncc4cc(C(C)(C)C)cc(F)c4c3=O)c2CO)cc(Nc2ccc(C(=O)N3CCS(=O)(=O)CC3)cn2)c1=O. The van der Waals surface area contributed by atoms with Crippen LogP contribution >= 0.6 is 0 Å². The van der Waals surface area contributed by atoms with Crippen molar-refractivity contribution in [3.63, 3.8) is 0 Å². The van der Waals surface area contributed by atoms with Crippen LogP contribution in [0, 0.1) is 5.82 Å². The molecular weight excluding hydrogens is 653 g/mol. The Balaban J connectivity index is 1.33. The lowest BCUT2D eigenvalue weighted by atomic mass is 9.86. The number of aromatic nitrogens is 5. The number of sulfone groups is 1. The maximum atomic E-state index is 15.4. The lowest BCUT2D eigenvalue weighted by Gasteiger charge is -2.26. The van der Waals surface area contributed by atoms with E-state index in [1.807, 2.05) is 20.8 Å². The summed E-state index contributed by atoms with van der Waals surface area (Å²) in [5, 5.41) is 22.4. The van der Waals surface area contributed by atoms with Gasteiger partial charge in [-0.25, -0.2) is 22.5 Å². The lowest BCUT2D eigenvalue weighted by Crippen LogP contribution is -2.43. The molecule has 1 saturated heterocycles. The lowest BCUT2D eigenvalue weighted by molar-refractivity contribution is 0.0770. The van der Waals surface area contributed by atoms with Crippen molar-refractivity contribution in [1.82, 2.24) is 29.4 Å². The highest BCUT2D eigenvalue weighted by molar-refractivity contribution is 7.91. The first-order valence-electron chi connectivity index (χ1n) is 15.4. The zero-order valence-electron chi connectivity index (χ0n) is 27.3. The number of hydrogen-bond acceptors (Lipinski definition) is 10. The van der Waals surface area contributed by atoms with Gasteiger partial charge < -0.3 is 15.3 Å². The number of benzene rings is 2. The summed E-state index contributed by atoms with van der Waals surface area (Å²) in [4.78, 5) is 45.3. The molecule has 1 aliphatic rings. The van der Waals surface area contributed by atoms with E-state index >= 15 is 4.39 Å². The summed E-state index contributed by atoms with van der Waals surface area (Å²) >= 11 is 0. The van der Waals surface area contributed by atoms with Crippen LogP contribution in [0.4, 0.5) is 15.9 Å². The van der Waals surface area contributed by atoms with E-state index in [1.54, 1.807) is 24.3 Å². The van der Waals surface area contributed by atoms with Crippen LogP contribution in [-0.2, 0) is 28.9 Å². The van der Waals surface area contributed by atoms with Gasteiger partial charge in [0.2, 0.25) is 0 Å². The first kappa shape index (κ1) is 33.6. The van der Waals surface area contributed by atoms with E-state index in [0.717, 1.165) is 14.9 Å². The summed E-state index contributed by atoms with van der Waals surface area (Å²) < 4.78 is 41.0. The van der Waals surface area contributed by atoms with E-state index in [-0.39, 0.29) is 75.3 Å². The Morgan fingerprint density at radius 1 is 1.02 bits per heavy atom. The van der Waals surface area contributed by atoms with Crippen LogP contribution in [0.5, 0.6) is 0 Å². The Morgan fingerprint density at radius 3 is 2.41 bits per heavy atom. The summed E-state index contributed by atoms with van der Waals surface area (Å²) in [5.74, 6) is -0.940. The highest BCUT2D eigenvalue weighted by Crippen LogP contribution is 2.30. The third kappa shape index (κ3) is 6.58. The molecule has 0 bridgehead atoms. The molecule has 0 radical (unpaired) electrons. The minimum atomic E-state index is -3.14. The van der Waals surface area contributed by atoms with Crippen LogP contribution in [0.25, 0.3) is 27.7 Å². The van der Waals surface area contributed by atoms with Crippen molar-refractivity contribution in [2.24, 2.45) is 7.05 Å². The molecule has 0 spiro atoms. The predicted octanol–water partition coefficient (Wildman–Crippen LogP) is 3.08. The molecule has 49 heavy (non-hydrogen) atoms. The van der Waals surface area contributed by atoms with Gasteiger partial charge >= 0.3 is 0 Å². The second-order valence-electron chi connectivity index (χ2n) is 12.9. The molecule has 254 valence electrons. The van der Waals surface area contributed by atoms with Crippen molar-refractivity contribution >= 4 is 38.0 Å². The third-order valence-electron chi connectivity index (χ3n) is 8.49. The maximum absolute atomic E-state index is 15.4. The number of carbonyl (C=O) groups is 1. The minimum Gasteiger partial charge on any atom is -0.392 e. The second kappa shape index (κ2) is 12.6. The third-order valence-corrected chi connectivity index (χ3v) is 10.1. The summed E-state index contributed by atoms with van der Waals surface area (Å²) in [6.45, 7) is 5.51. The number of rotatable bonds is 6. The van der Waals surface area contributed by atoms with Crippen molar-refractivity contribution in [2.75, 3.05) is 29.9 Å². The van der Waals surface area contributed by atoms with Crippen molar-refractivity contribution in [1.29, 1.82) is 0 Å². The fourth-order valence-corrected chi connectivity index (χ4v) is 6.88. The number of amides is 1. The number of aliphatic hydroxyl groups is 1. The molecule has 4 heterocycles. The van der Waals surface area contributed by atoms with E-state index in [0.29, 0.717) is 10.9 Å². The van der Waals surface area contributed by atoms with Gasteiger partial charge in [-0.3, -0.25) is 14.4 Å². The van der Waals surface area contributed by atoms with Crippen molar-refractivity contribution in [3.8, 4) is 16.9 Å². The number of carbonyl (C=O) groups excluding carboxylic acids is 1. The van der Waals surface area contributed by atoms with E-state index in [4.69, 9.17) is 0 Å². The van der Waals surface area contributed by atoms with E-state index < -0.39 is 33.4 Å². The van der Waals surface area contributed by atoms with Crippen LogP contribution in [0.3, 0.4) is 0 Å². The Morgan fingerprint density at radius 2 is 1.76 bits per heavy atom. The molecule has 13 nitrogen and oxygen atoms in total. The second-order valence-corrected chi connectivity index (χ2v) is 15.2. The van der Waals surface area contributed by atoms with Crippen LogP contribution in [0.15, 0.2) is 70.5 Å².